The number of methoxy groups -OCH3 is 1. The zero-order chi connectivity index (χ0) is 40.5. The minimum atomic E-state index is -1.71. The second-order valence-electron chi connectivity index (χ2n) is 15.0. The van der Waals surface area contributed by atoms with Crippen molar-refractivity contribution in [1.82, 2.24) is 5.01 Å². The Morgan fingerprint density at radius 3 is 2.19 bits per heavy atom. The SMILES string of the molecule is COc1cccc(O)c1[C@H]1C2=CC[C@@H]3C(=O)N(c4ccc(C(=O)c5ccccc5)cc4)C(=O)[C@@H]3[C@@H]2C[C@H]2C(=O)N(Nc3ccc(F)cc3)C(=O)[C@@]12c1ccc(Cl)cc1. The fourth-order valence-electron chi connectivity index (χ4n) is 9.74. The van der Waals surface area contributed by atoms with Crippen LogP contribution in [0.3, 0.4) is 0 Å². The molecule has 0 radical (unpaired) electrons. The average molecular weight is 796 g/mol. The number of anilines is 2. The van der Waals surface area contributed by atoms with Gasteiger partial charge in [0.25, 0.3) is 11.8 Å². The number of rotatable bonds is 8. The topological polar surface area (TPSA) is 133 Å². The van der Waals surface area contributed by atoms with Crippen molar-refractivity contribution in [2.24, 2.45) is 23.7 Å². The van der Waals surface area contributed by atoms with Crippen molar-refractivity contribution in [2.45, 2.75) is 24.2 Å². The standard InChI is InChI=1S/C46H35ClFN3O7/c1-58-37-9-5-8-36(52)39(37)40-32-22-23-33-38(44(56)50(42(33)54)31-20-10-26(11-21-31)41(53)25-6-3-2-4-7-25)34(32)24-35-43(55)51(49-30-18-16-29(48)17-19-30)45(57)46(35,40)27-12-14-28(47)15-13-27/h2-22,33-35,38,40,49,52H,23-24H2,1H3/t33-,34+,35-,38-,40+,46+/m0/s1. The lowest BCUT2D eigenvalue weighted by atomic mass is 9.49. The van der Waals surface area contributed by atoms with Gasteiger partial charge < -0.3 is 9.84 Å². The summed E-state index contributed by atoms with van der Waals surface area (Å²) in [6, 6.07) is 31.7. The summed E-state index contributed by atoms with van der Waals surface area (Å²) in [6.07, 6.45) is 2.03. The van der Waals surface area contributed by atoms with E-state index in [1.807, 2.05) is 12.1 Å². The number of carbonyl (C=O) groups excluding carboxylic acids is 5. The summed E-state index contributed by atoms with van der Waals surface area (Å²) < 4.78 is 19.8. The van der Waals surface area contributed by atoms with Crippen LogP contribution in [-0.2, 0) is 24.6 Å². The van der Waals surface area contributed by atoms with E-state index in [1.165, 1.54) is 37.4 Å². The molecule has 2 aliphatic heterocycles. The van der Waals surface area contributed by atoms with Crippen molar-refractivity contribution in [3.05, 3.63) is 166 Å². The fraction of sp³-hybridized carbons (Fsp3) is 0.196. The molecule has 0 unspecified atom stereocenters. The van der Waals surface area contributed by atoms with Gasteiger partial charge in [-0.15, -0.1) is 0 Å². The van der Waals surface area contributed by atoms with Gasteiger partial charge in [-0.2, -0.15) is 5.01 Å². The number of aromatic hydroxyl groups is 1. The molecule has 10 nitrogen and oxygen atoms in total. The number of nitrogens with zero attached hydrogens (tertiary/aromatic N) is 2. The molecule has 2 saturated heterocycles. The normalized spacial score (nSPS) is 24.9. The first kappa shape index (κ1) is 37.0. The van der Waals surface area contributed by atoms with Gasteiger partial charge in [-0.25, -0.2) is 4.39 Å². The van der Waals surface area contributed by atoms with Crippen molar-refractivity contribution in [2.75, 3.05) is 17.4 Å². The molecule has 5 aromatic rings. The average Bonchev–Trinajstić information content (AvgIpc) is 3.62. The van der Waals surface area contributed by atoms with Crippen LogP contribution in [0.2, 0.25) is 5.02 Å². The lowest BCUT2D eigenvalue weighted by Gasteiger charge is -2.50. The van der Waals surface area contributed by atoms with Crippen molar-refractivity contribution >= 4 is 52.4 Å². The number of hydrogen-bond donors (Lipinski definition) is 2. The molecule has 290 valence electrons. The van der Waals surface area contributed by atoms with Crippen LogP contribution in [0.1, 0.15) is 45.8 Å². The molecule has 5 aromatic carbocycles. The summed E-state index contributed by atoms with van der Waals surface area (Å²) in [7, 11) is 1.44. The van der Waals surface area contributed by atoms with E-state index in [0.29, 0.717) is 33.0 Å². The van der Waals surface area contributed by atoms with Crippen LogP contribution in [0.25, 0.3) is 0 Å². The molecule has 1 saturated carbocycles. The zero-order valence-electron chi connectivity index (χ0n) is 31.0. The highest BCUT2D eigenvalue weighted by Crippen LogP contribution is 2.66. The van der Waals surface area contributed by atoms with Crippen LogP contribution in [0, 0.1) is 29.5 Å². The summed E-state index contributed by atoms with van der Waals surface area (Å²) in [5, 5.41) is 13.1. The molecule has 9 rings (SSSR count). The number of allylic oxidation sites excluding steroid dienone is 2. The van der Waals surface area contributed by atoms with Crippen LogP contribution < -0.4 is 15.1 Å². The minimum Gasteiger partial charge on any atom is -0.508 e. The zero-order valence-corrected chi connectivity index (χ0v) is 31.7. The number of ether oxygens (including phenoxy) is 1. The van der Waals surface area contributed by atoms with Gasteiger partial charge in [-0.3, -0.25) is 34.3 Å². The van der Waals surface area contributed by atoms with Gasteiger partial charge in [0.15, 0.2) is 5.78 Å². The first-order chi connectivity index (χ1) is 28.0. The molecule has 4 aliphatic rings. The van der Waals surface area contributed by atoms with Crippen LogP contribution in [0.5, 0.6) is 11.5 Å². The van der Waals surface area contributed by atoms with Gasteiger partial charge in [-0.1, -0.05) is 71.8 Å². The second-order valence-corrected chi connectivity index (χ2v) is 15.5. The number of phenols is 1. The van der Waals surface area contributed by atoms with Crippen molar-refractivity contribution in [3.63, 3.8) is 0 Å². The Morgan fingerprint density at radius 1 is 0.810 bits per heavy atom. The van der Waals surface area contributed by atoms with E-state index in [0.717, 1.165) is 9.91 Å². The Morgan fingerprint density at radius 2 is 1.50 bits per heavy atom. The number of halogens is 2. The van der Waals surface area contributed by atoms with E-state index in [4.69, 9.17) is 16.3 Å². The lowest BCUT2D eigenvalue weighted by Crippen LogP contribution is -2.53. The second kappa shape index (κ2) is 14.1. The summed E-state index contributed by atoms with van der Waals surface area (Å²) in [5.74, 6) is -7.34. The van der Waals surface area contributed by atoms with E-state index in [-0.39, 0.29) is 41.4 Å². The van der Waals surface area contributed by atoms with E-state index < -0.39 is 64.5 Å². The molecule has 2 aliphatic carbocycles. The number of hydrazine groups is 1. The monoisotopic (exact) mass is 795 g/mol. The van der Waals surface area contributed by atoms with Crippen molar-refractivity contribution in [1.29, 1.82) is 0 Å². The van der Waals surface area contributed by atoms with Crippen molar-refractivity contribution < 1.29 is 38.2 Å². The number of carbonyl (C=O) groups is 5. The van der Waals surface area contributed by atoms with Crippen LogP contribution in [0.4, 0.5) is 15.8 Å². The third kappa shape index (κ3) is 5.55. The fourth-order valence-corrected chi connectivity index (χ4v) is 9.87. The summed E-state index contributed by atoms with van der Waals surface area (Å²) in [5.41, 5.74) is 4.00. The highest BCUT2D eigenvalue weighted by molar-refractivity contribution is 6.30. The van der Waals surface area contributed by atoms with Gasteiger partial charge in [0.2, 0.25) is 11.8 Å². The van der Waals surface area contributed by atoms with Crippen LogP contribution >= 0.6 is 11.6 Å². The van der Waals surface area contributed by atoms with Gasteiger partial charge in [0, 0.05) is 27.6 Å². The maximum atomic E-state index is 15.4. The first-order valence-electron chi connectivity index (χ1n) is 18.8. The largest absolute Gasteiger partial charge is 0.508 e. The van der Waals surface area contributed by atoms with E-state index in [1.54, 1.807) is 84.9 Å². The third-order valence-electron chi connectivity index (χ3n) is 12.2. The van der Waals surface area contributed by atoms with E-state index >= 15 is 4.79 Å². The summed E-state index contributed by atoms with van der Waals surface area (Å²) in [4.78, 5) is 73.6. The number of benzene rings is 5. The molecule has 58 heavy (non-hydrogen) atoms. The summed E-state index contributed by atoms with van der Waals surface area (Å²) >= 11 is 6.38. The Kier molecular flexibility index (Phi) is 9.00. The lowest BCUT2D eigenvalue weighted by molar-refractivity contribution is -0.138. The first-order valence-corrected chi connectivity index (χ1v) is 19.2. The van der Waals surface area contributed by atoms with Gasteiger partial charge >= 0.3 is 0 Å². The smallest absolute Gasteiger partial charge is 0.260 e. The van der Waals surface area contributed by atoms with Gasteiger partial charge in [0.05, 0.1) is 41.7 Å². The number of nitrogens with one attached hydrogen (secondary N) is 1. The Hall–Kier alpha value is -6.59. The highest BCUT2D eigenvalue weighted by Gasteiger charge is 2.71. The van der Waals surface area contributed by atoms with Crippen molar-refractivity contribution in [3.8, 4) is 11.5 Å². The Bertz CT molecular complexity index is 2550. The number of hydrogen-bond acceptors (Lipinski definition) is 8. The molecule has 0 bridgehead atoms. The Balaban J connectivity index is 1.17. The molecular formula is C46H35ClFN3O7. The number of amides is 4. The number of imide groups is 2. The molecule has 2 N–H and O–H groups in total. The predicted octanol–water partition coefficient (Wildman–Crippen LogP) is 7.61. The molecule has 12 heteroatoms. The minimum absolute atomic E-state index is 0.00554. The molecule has 2 heterocycles. The quantitative estimate of drug-likeness (QED) is 0.0932. The molecule has 0 spiro atoms. The highest BCUT2D eigenvalue weighted by atomic mass is 35.5. The Labute approximate surface area is 337 Å². The third-order valence-corrected chi connectivity index (χ3v) is 12.5. The molecule has 6 atom stereocenters. The number of phenolic OH excluding ortho intramolecular Hbond substituents is 1. The molecule has 4 amide bonds. The maximum Gasteiger partial charge on any atom is 0.260 e. The predicted molar refractivity (Wildman–Crippen MR) is 212 cm³/mol. The maximum absolute atomic E-state index is 15.4. The van der Waals surface area contributed by atoms with E-state index in [9.17, 15) is 28.7 Å². The molecule has 0 aromatic heterocycles. The van der Waals surface area contributed by atoms with Gasteiger partial charge in [0.1, 0.15) is 17.3 Å². The summed E-state index contributed by atoms with van der Waals surface area (Å²) in [6.45, 7) is 0. The van der Waals surface area contributed by atoms with Crippen LogP contribution in [0.15, 0.2) is 133 Å². The molecular weight excluding hydrogens is 761 g/mol. The molecule has 3 fully saturated rings. The van der Waals surface area contributed by atoms with E-state index in [2.05, 4.69) is 5.43 Å². The van der Waals surface area contributed by atoms with Crippen LogP contribution in [-0.4, -0.2) is 46.6 Å². The van der Waals surface area contributed by atoms with Gasteiger partial charge in [-0.05, 0) is 97.1 Å². The number of ketones is 1. The number of fused-ring (bicyclic) bond motifs is 4.